The molecule has 7 nitrogen and oxygen atoms in total. The molecule has 2 N–H and O–H groups in total. The molecule has 0 fully saturated rings. The van der Waals surface area contributed by atoms with Crippen LogP contribution in [0.1, 0.15) is 70.3 Å². The Kier molecular flexibility index (Phi) is 10.2. The van der Waals surface area contributed by atoms with Crippen molar-refractivity contribution in [3.05, 3.63) is 35.4 Å². The molecule has 0 saturated heterocycles. The second kappa shape index (κ2) is 12.1. The van der Waals surface area contributed by atoms with Crippen LogP contribution < -0.4 is 10.6 Å². The Hall–Kier alpha value is -2.57. The van der Waals surface area contributed by atoms with E-state index in [-0.39, 0.29) is 36.7 Å². The van der Waals surface area contributed by atoms with Crippen LogP contribution in [0.25, 0.3) is 0 Å². The van der Waals surface area contributed by atoms with E-state index in [2.05, 4.69) is 10.6 Å². The number of hydrogen-bond acceptors (Lipinski definition) is 4. The van der Waals surface area contributed by atoms with Crippen LogP contribution in [0.15, 0.2) is 24.3 Å². The lowest BCUT2D eigenvalue weighted by Crippen LogP contribution is -2.46. The van der Waals surface area contributed by atoms with Gasteiger partial charge in [-0.1, -0.05) is 26.0 Å². The SMILES string of the molecule is CC[C@@H](C)N(C(=O)COC(=O)c1ccc(CNC(=O)NC(C)C)cc1)[C@H](C)CC. The lowest BCUT2D eigenvalue weighted by atomic mass is 10.1. The Morgan fingerprint density at radius 1 is 0.966 bits per heavy atom. The highest BCUT2D eigenvalue weighted by atomic mass is 16.5. The number of esters is 1. The molecule has 1 rings (SSSR count). The van der Waals surface area contributed by atoms with E-state index in [9.17, 15) is 14.4 Å². The molecule has 29 heavy (non-hydrogen) atoms. The third kappa shape index (κ3) is 8.13. The molecule has 1 aromatic rings. The van der Waals surface area contributed by atoms with Gasteiger partial charge in [0.05, 0.1) is 5.56 Å². The van der Waals surface area contributed by atoms with E-state index in [4.69, 9.17) is 4.74 Å². The van der Waals surface area contributed by atoms with E-state index in [0.29, 0.717) is 12.1 Å². The summed E-state index contributed by atoms with van der Waals surface area (Å²) in [5.74, 6) is -0.720. The fourth-order valence-corrected chi connectivity index (χ4v) is 2.86. The monoisotopic (exact) mass is 405 g/mol. The van der Waals surface area contributed by atoms with Crippen molar-refractivity contribution in [1.82, 2.24) is 15.5 Å². The zero-order valence-electron chi connectivity index (χ0n) is 18.5. The molecule has 0 unspecified atom stereocenters. The quantitative estimate of drug-likeness (QED) is 0.584. The van der Waals surface area contributed by atoms with E-state index in [1.54, 1.807) is 29.2 Å². The number of carbonyl (C=O) groups is 3. The molecule has 0 spiro atoms. The first-order valence-corrected chi connectivity index (χ1v) is 10.3. The maximum Gasteiger partial charge on any atom is 0.338 e. The summed E-state index contributed by atoms with van der Waals surface area (Å²) < 4.78 is 5.23. The van der Waals surface area contributed by atoms with Gasteiger partial charge in [-0.3, -0.25) is 4.79 Å². The fourth-order valence-electron chi connectivity index (χ4n) is 2.86. The number of amides is 3. The molecule has 0 saturated carbocycles. The zero-order valence-corrected chi connectivity index (χ0v) is 18.5. The van der Waals surface area contributed by atoms with E-state index in [0.717, 1.165) is 18.4 Å². The lowest BCUT2D eigenvalue weighted by molar-refractivity contribution is -0.139. The Bertz CT molecular complexity index is 663. The molecule has 1 aromatic carbocycles. The molecule has 0 bridgehead atoms. The summed E-state index contributed by atoms with van der Waals surface area (Å²) in [7, 11) is 0. The van der Waals surface area contributed by atoms with Crippen LogP contribution in [-0.2, 0) is 16.1 Å². The molecule has 0 heterocycles. The minimum absolute atomic E-state index is 0.0615. The highest BCUT2D eigenvalue weighted by Gasteiger charge is 2.24. The number of hydrogen-bond donors (Lipinski definition) is 2. The van der Waals surface area contributed by atoms with Gasteiger partial charge in [-0.05, 0) is 58.2 Å². The molecule has 0 aromatic heterocycles. The van der Waals surface area contributed by atoms with Crippen molar-refractivity contribution < 1.29 is 19.1 Å². The summed E-state index contributed by atoms with van der Waals surface area (Å²) in [5, 5.41) is 5.49. The minimum atomic E-state index is -0.538. The van der Waals surface area contributed by atoms with Crippen molar-refractivity contribution in [3.8, 4) is 0 Å². The average Bonchev–Trinajstić information content (AvgIpc) is 2.70. The number of benzene rings is 1. The summed E-state index contributed by atoms with van der Waals surface area (Å²) in [5.41, 5.74) is 1.23. The highest BCUT2D eigenvalue weighted by Crippen LogP contribution is 2.13. The standard InChI is InChI=1S/C22H35N3O4/c1-7-16(5)25(17(6)8-2)20(26)14-29-21(27)19-11-9-18(10-12-19)13-23-22(28)24-15(3)4/h9-12,15-17H,7-8,13-14H2,1-6H3,(H2,23,24,28)/t16-,17-/m1/s1. The van der Waals surface area contributed by atoms with Gasteiger partial charge in [-0.2, -0.15) is 0 Å². The van der Waals surface area contributed by atoms with Gasteiger partial charge in [0.2, 0.25) is 0 Å². The van der Waals surface area contributed by atoms with Crippen molar-refractivity contribution in [3.63, 3.8) is 0 Å². The average molecular weight is 406 g/mol. The molecule has 0 aliphatic rings. The molecule has 0 aliphatic carbocycles. The summed E-state index contributed by atoms with van der Waals surface area (Å²) in [4.78, 5) is 38.2. The third-order valence-electron chi connectivity index (χ3n) is 4.81. The molecular weight excluding hydrogens is 370 g/mol. The predicted molar refractivity (Wildman–Crippen MR) is 114 cm³/mol. The maximum absolute atomic E-state index is 12.6. The van der Waals surface area contributed by atoms with Gasteiger partial charge in [-0.15, -0.1) is 0 Å². The fraction of sp³-hybridized carbons (Fsp3) is 0.591. The second-order valence-electron chi connectivity index (χ2n) is 7.57. The van der Waals surface area contributed by atoms with Crippen LogP contribution in [0, 0.1) is 0 Å². The second-order valence-corrected chi connectivity index (χ2v) is 7.57. The van der Waals surface area contributed by atoms with Crippen LogP contribution in [0.3, 0.4) is 0 Å². The molecule has 2 atom stereocenters. The lowest BCUT2D eigenvalue weighted by Gasteiger charge is -2.33. The number of rotatable bonds is 10. The van der Waals surface area contributed by atoms with Crippen molar-refractivity contribution in [1.29, 1.82) is 0 Å². The highest BCUT2D eigenvalue weighted by molar-refractivity contribution is 5.91. The van der Waals surface area contributed by atoms with Crippen LogP contribution >= 0.6 is 0 Å². The summed E-state index contributed by atoms with van der Waals surface area (Å²) in [6, 6.07) is 6.76. The zero-order chi connectivity index (χ0) is 22.0. The number of nitrogens with one attached hydrogen (secondary N) is 2. The first kappa shape index (κ1) is 24.5. The smallest absolute Gasteiger partial charge is 0.338 e. The first-order valence-electron chi connectivity index (χ1n) is 10.3. The van der Waals surface area contributed by atoms with Gasteiger partial charge in [0.1, 0.15) is 0 Å². The summed E-state index contributed by atoms with van der Waals surface area (Å²) >= 11 is 0. The van der Waals surface area contributed by atoms with E-state index < -0.39 is 5.97 Å². The van der Waals surface area contributed by atoms with Gasteiger partial charge in [0, 0.05) is 24.7 Å². The Balaban J connectivity index is 2.59. The van der Waals surface area contributed by atoms with Crippen molar-refractivity contribution in [2.45, 2.75) is 79.1 Å². The number of urea groups is 1. The minimum Gasteiger partial charge on any atom is -0.452 e. The van der Waals surface area contributed by atoms with Gasteiger partial charge >= 0.3 is 12.0 Å². The third-order valence-corrected chi connectivity index (χ3v) is 4.81. The molecular formula is C22H35N3O4. The van der Waals surface area contributed by atoms with E-state index in [1.165, 1.54) is 0 Å². The maximum atomic E-state index is 12.6. The van der Waals surface area contributed by atoms with E-state index >= 15 is 0 Å². The first-order chi connectivity index (χ1) is 13.7. The van der Waals surface area contributed by atoms with Crippen molar-refractivity contribution in [2.75, 3.05) is 6.61 Å². The summed E-state index contributed by atoms with van der Waals surface area (Å²) in [6.45, 7) is 11.9. The molecule has 7 heteroatoms. The Morgan fingerprint density at radius 2 is 1.52 bits per heavy atom. The van der Waals surface area contributed by atoms with Gasteiger partial charge < -0.3 is 20.3 Å². The molecule has 0 radical (unpaired) electrons. The van der Waals surface area contributed by atoms with E-state index in [1.807, 2.05) is 41.5 Å². The van der Waals surface area contributed by atoms with Crippen LogP contribution in [-0.4, -0.2) is 47.5 Å². The van der Waals surface area contributed by atoms with Gasteiger partial charge in [0.15, 0.2) is 6.61 Å². The summed E-state index contributed by atoms with van der Waals surface area (Å²) in [6.07, 6.45) is 1.68. The normalized spacial score (nSPS) is 12.8. The molecule has 3 amide bonds. The Morgan fingerprint density at radius 3 is 2.00 bits per heavy atom. The topological polar surface area (TPSA) is 87.7 Å². The van der Waals surface area contributed by atoms with Crippen molar-refractivity contribution >= 4 is 17.9 Å². The molecule has 162 valence electrons. The van der Waals surface area contributed by atoms with Crippen molar-refractivity contribution in [2.24, 2.45) is 0 Å². The number of nitrogens with zero attached hydrogens (tertiary/aromatic N) is 1. The van der Waals surface area contributed by atoms with Gasteiger partial charge in [-0.25, -0.2) is 9.59 Å². The molecule has 0 aliphatic heterocycles. The Labute approximate surface area is 174 Å². The predicted octanol–water partition coefficient (Wildman–Crippen LogP) is 3.48. The van der Waals surface area contributed by atoms with Crippen LogP contribution in [0.2, 0.25) is 0 Å². The van der Waals surface area contributed by atoms with Gasteiger partial charge in [0.25, 0.3) is 5.91 Å². The van der Waals surface area contributed by atoms with Crippen LogP contribution in [0.4, 0.5) is 4.79 Å². The largest absolute Gasteiger partial charge is 0.452 e. The number of carbonyl (C=O) groups excluding carboxylic acids is 3. The van der Waals surface area contributed by atoms with Crippen LogP contribution in [0.5, 0.6) is 0 Å². The number of ether oxygens (including phenoxy) is 1.